The Kier molecular flexibility index (Phi) is 7.94. The first-order chi connectivity index (χ1) is 17.4. The lowest BCUT2D eigenvalue weighted by atomic mass is 9.95. The Morgan fingerprint density at radius 2 is 1.69 bits per heavy atom. The van der Waals surface area contributed by atoms with Crippen LogP contribution in [0.1, 0.15) is 24.3 Å². The standard InChI is InChI=1S/C27H28N2O7/c1-3-27(18-33-16-20-10-6-4-7-11-20)24(34-17-21-12-8-5-9-13-21)23(35-19(2)30)25(36-27)29-15-14-22(31)28-26(29)32/h3-15,23-25H,1,16-18H2,2H3,(H,28,31,32)/t23-,24+,25-,27-/m1/s1. The molecule has 2 aromatic carbocycles. The van der Waals surface area contributed by atoms with Crippen LogP contribution in [0.5, 0.6) is 0 Å². The van der Waals surface area contributed by atoms with Crippen LogP contribution in [0.25, 0.3) is 0 Å². The molecule has 0 aliphatic carbocycles. The highest BCUT2D eigenvalue weighted by molar-refractivity contribution is 5.66. The van der Waals surface area contributed by atoms with Gasteiger partial charge < -0.3 is 18.9 Å². The Labute approximate surface area is 207 Å². The SMILES string of the molecule is C=C[C@]1(COCc2ccccc2)O[C@@H](n2ccc(=O)[nH]c2=O)[C@H](OC(C)=O)[C@@H]1OCc1ccccc1. The summed E-state index contributed by atoms with van der Waals surface area (Å²) in [6.07, 6.45) is -0.175. The molecule has 36 heavy (non-hydrogen) atoms. The summed E-state index contributed by atoms with van der Waals surface area (Å²) in [6.45, 7) is 5.72. The molecule has 0 bridgehead atoms. The van der Waals surface area contributed by atoms with E-state index >= 15 is 0 Å². The second-order valence-corrected chi connectivity index (χ2v) is 8.45. The van der Waals surface area contributed by atoms with E-state index in [-0.39, 0.29) is 13.2 Å². The van der Waals surface area contributed by atoms with Crippen molar-refractivity contribution in [2.45, 2.75) is 44.2 Å². The molecule has 4 rings (SSSR count). The quantitative estimate of drug-likeness (QED) is 0.342. The topological polar surface area (TPSA) is 109 Å². The number of carbonyl (C=O) groups excluding carboxylic acids is 1. The van der Waals surface area contributed by atoms with Crippen LogP contribution in [0.15, 0.2) is 95.2 Å². The first-order valence-corrected chi connectivity index (χ1v) is 11.5. The van der Waals surface area contributed by atoms with E-state index in [9.17, 15) is 14.4 Å². The lowest BCUT2D eigenvalue weighted by molar-refractivity contribution is -0.158. The van der Waals surface area contributed by atoms with Gasteiger partial charge in [0.15, 0.2) is 12.3 Å². The third-order valence-corrected chi connectivity index (χ3v) is 5.89. The normalized spacial score (nSPS) is 23.3. The molecule has 0 radical (unpaired) electrons. The van der Waals surface area contributed by atoms with Crippen molar-refractivity contribution in [1.82, 2.24) is 9.55 Å². The highest BCUT2D eigenvalue weighted by atomic mass is 16.6. The van der Waals surface area contributed by atoms with Crippen molar-refractivity contribution in [2.75, 3.05) is 6.61 Å². The van der Waals surface area contributed by atoms with E-state index in [0.717, 1.165) is 15.7 Å². The van der Waals surface area contributed by atoms with Crippen LogP contribution in [0.4, 0.5) is 0 Å². The zero-order chi connectivity index (χ0) is 25.5. The van der Waals surface area contributed by atoms with Gasteiger partial charge >= 0.3 is 11.7 Å². The van der Waals surface area contributed by atoms with Crippen LogP contribution >= 0.6 is 0 Å². The monoisotopic (exact) mass is 492 g/mol. The Bertz CT molecular complexity index is 1290. The molecule has 3 aromatic rings. The molecule has 1 aromatic heterocycles. The fraction of sp³-hybridized carbons (Fsp3) is 0.296. The van der Waals surface area contributed by atoms with Gasteiger partial charge in [-0.2, -0.15) is 0 Å². The second kappa shape index (κ2) is 11.3. The zero-order valence-corrected chi connectivity index (χ0v) is 19.9. The number of aromatic amines is 1. The van der Waals surface area contributed by atoms with Gasteiger partial charge in [0.1, 0.15) is 11.7 Å². The van der Waals surface area contributed by atoms with E-state index in [2.05, 4.69) is 11.6 Å². The van der Waals surface area contributed by atoms with Crippen LogP contribution in [-0.2, 0) is 37.0 Å². The number of benzene rings is 2. The first-order valence-electron chi connectivity index (χ1n) is 11.5. The zero-order valence-electron chi connectivity index (χ0n) is 19.9. The fourth-order valence-corrected chi connectivity index (χ4v) is 4.18. The van der Waals surface area contributed by atoms with Crippen LogP contribution in [0, 0.1) is 0 Å². The van der Waals surface area contributed by atoms with E-state index in [0.29, 0.717) is 6.61 Å². The third kappa shape index (κ3) is 5.71. The molecular weight excluding hydrogens is 464 g/mol. The lowest BCUT2D eigenvalue weighted by Crippen LogP contribution is -2.48. The highest BCUT2D eigenvalue weighted by Crippen LogP contribution is 2.42. The molecule has 188 valence electrons. The van der Waals surface area contributed by atoms with Gasteiger partial charge in [-0.3, -0.25) is 19.1 Å². The molecule has 0 unspecified atom stereocenters. The van der Waals surface area contributed by atoms with Crippen molar-refractivity contribution in [2.24, 2.45) is 0 Å². The van der Waals surface area contributed by atoms with Gasteiger partial charge in [-0.15, -0.1) is 6.58 Å². The van der Waals surface area contributed by atoms with Gasteiger partial charge in [0.2, 0.25) is 0 Å². The summed E-state index contributed by atoms with van der Waals surface area (Å²) in [5.74, 6) is -0.579. The number of hydrogen-bond acceptors (Lipinski definition) is 7. The summed E-state index contributed by atoms with van der Waals surface area (Å²) in [6, 6.07) is 20.3. The minimum Gasteiger partial charge on any atom is -0.455 e. The largest absolute Gasteiger partial charge is 0.455 e. The Hall–Kier alpha value is -3.79. The van der Waals surface area contributed by atoms with Crippen molar-refractivity contribution in [3.8, 4) is 0 Å². The maximum atomic E-state index is 12.6. The van der Waals surface area contributed by atoms with E-state index in [1.54, 1.807) is 6.08 Å². The molecule has 0 amide bonds. The van der Waals surface area contributed by atoms with E-state index in [1.807, 2.05) is 60.7 Å². The van der Waals surface area contributed by atoms with Crippen molar-refractivity contribution in [1.29, 1.82) is 0 Å². The van der Waals surface area contributed by atoms with E-state index < -0.39 is 41.3 Å². The predicted molar refractivity (Wildman–Crippen MR) is 131 cm³/mol. The van der Waals surface area contributed by atoms with Crippen molar-refractivity contribution < 1.29 is 23.7 Å². The number of H-pyrrole nitrogens is 1. The molecule has 2 heterocycles. The van der Waals surface area contributed by atoms with Gasteiger partial charge in [0.05, 0.1) is 19.8 Å². The molecule has 9 nitrogen and oxygen atoms in total. The minimum absolute atomic E-state index is 0.0111. The Morgan fingerprint density at radius 3 is 2.28 bits per heavy atom. The molecule has 4 atom stereocenters. The molecule has 0 saturated carbocycles. The van der Waals surface area contributed by atoms with E-state index in [1.165, 1.54) is 19.2 Å². The summed E-state index contributed by atoms with van der Waals surface area (Å²) in [4.78, 5) is 38.6. The average Bonchev–Trinajstić information content (AvgIpc) is 3.16. The number of aromatic nitrogens is 2. The van der Waals surface area contributed by atoms with Crippen LogP contribution < -0.4 is 11.2 Å². The summed E-state index contributed by atoms with van der Waals surface area (Å²) >= 11 is 0. The summed E-state index contributed by atoms with van der Waals surface area (Å²) in [7, 11) is 0. The molecule has 1 aliphatic rings. The number of rotatable bonds is 10. The Morgan fingerprint density at radius 1 is 1.06 bits per heavy atom. The predicted octanol–water partition coefficient (Wildman–Crippen LogP) is 2.72. The van der Waals surface area contributed by atoms with Gasteiger partial charge in [-0.25, -0.2) is 4.79 Å². The first kappa shape index (κ1) is 25.3. The number of nitrogens with one attached hydrogen (secondary N) is 1. The van der Waals surface area contributed by atoms with Crippen LogP contribution in [0.2, 0.25) is 0 Å². The van der Waals surface area contributed by atoms with E-state index in [4.69, 9.17) is 18.9 Å². The summed E-state index contributed by atoms with van der Waals surface area (Å²) in [5, 5.41) is 0. The molecular formula is C27H28N2O7. The number of esters is 1. The molecule has 1 fully saturated rings. The van der Waals surface area contributed by atoms with Crippen molar-refractivity contribution in [3.63, 3.8) is 0 Å². The van der Waals surface area contributed by atoms with Gasteiger partial charge in [-0.1, -0.05) is 66.7 Å². The van der Waals surface area contributed by atoms with Gasteiger partial charge in [0.25, 0.3) is 5.56 Å². The maximum absolute atomic E-state index is 12.6. The van der Waals surface area contributed by atoms with Crippen LogP contribution in [-0.4, -0.2) is 39.9 Å². The molecule has 1 saturated heterocycles. The molecule has 0 spiro atoms. The Balaban J connectivity index is 1.68. The van der Waals surface area contributed by atoms with Crippen LogP contribution in [0.3, 0.4) is 0 Å². The minimum atomic E-state index is -1.27. The summed E-state index contributed by atoms with van der Waals surface area (Å²) < 4.78 is 25.5. The smallest absolute Gasteiger partial charge is 0.330 e. The molecule has 9 heteroatoms. The highest BCUT2D eigenvalue weighted by Gasteiger charge is 2.57. The third-order valence-electron chi connectivity index (χ3n) is 5.89. The van der Waals surface area contributed by atoms with Crippen molar-refractivity contribution in [3.05, 3.63) is 118 Å². The molecule has 1 aliphatic heterocycles. The number of ether oxygens (including phenoxy) is 4. The average molecular weight is 493 g/mol. The van der Waals surface area contributed by atoms with Crippen molar-refractivity contribution >= 4 is 5.97 Å². The molecule has 1 N–H and O–H groups in total. The summed E-state index contributed by atoms with van der Waals surface area (Å²) in [5.41, 5.74) is -0.689. The second-order valence-electron chi connectivity index (χ2n) is 8.45. The number of carbonyl (C=O) groups is 1. The maximum Gasteiger partial charge on any atom is 0.330 e. The number of hydrogen-bond donors (Lipinski definition) is 1. The fourth-order valence-electron chi connectivity index (χ4n) is 4.18. The van der Waals surface area contributed by atoms with Gasteiger partial charge in [-0.05, 0) is 11.1 Å². The lowest BCUT2D eigenvalue weighted by Gasteiger charge is -2.32. The van der Waals surface area contributed by atoms with Gasteiger partial charge in [0, 0.05) is 19.2 Å². The number of nitrogens with zero attached hydrogens (tertiary/aromatic N) is 1.